The van der Waals surface area contributed by atoms with E-state index >= 15 is 0 Å². The van der Waals surface area contributed by atoms with Crippen LogP contribution in [0.5, 0.6) is 0 Å². The molecule has 0 aliphatic rings. The van der Waals surface area contributed by atoms with Crippen molar-refractivity contribution in [3.63, 3.8) is 0 Å². The van der Waals surface area contributed by atoms with Gasteiger partial charge in [-0.05, 0) is 30.3 Å². The van der Waals surface area contributed by atoms with Gasteiger partial charge in [-0.3, -0.25) is 9.89 Å². The Kier molecular flexibility index (Phi) is 4.68. The number of nitrogens with one attached hydrogen (secondary N) is 1. The molecule has 5 nitrogen and oxygen atoms in total. The lowest BCUT2D eigenvalue weighted by Crippen LogP contribution is -2.13. The SMILES string of the molecule is O=c1c(N=Nc2cccc(Cl)c2)c(-c2ccccc2)[nH]n1-c1ccccc1. The molecule has 0 unspecified atom stereocenters. The zero-order valence-electron chi connectivity index (χ0n) is 14.2. The van der Waals surface area contributed by atoms with Gasteiger partial charge in [0.05, 0.1) is 17.1 Å². The zero-order chi connectivity index (χ0) is 18.6. The largest absolute Gasteiger partial charge is 0.299 e. The molecule has 0 aliphatic carbocycles. The summed E-state index contributed by atoms with van der Waals surface area (Å²) in [7, 11) is 0. The molecule has 1 heterocycles. The maximum absolute atomic E-state index is 13.0. The number of hydrogen-bond donors (Lipinski definition) is 1. The van der Waals surface area contributed by atoms with Crippen molar-refractivity contribution in [2.75, 3.05) is 0 Å². The second-order valence-electron chi connectivity index (χ2n) is 5.86. The summed E-state index contributed by atoms with van der Waals surface area (Å²) >= 11 is 6.00. The monoisotopic (exact) mass is 374 g/mol. The minimum absolute atomic E-state index is 0.241. The highest BCUT2D eigenvalue weighted by Gasteiger charge is 2.16. The van der Waals surface area contributed by atoms with E-state index in [0.717, 1.165) is 11.3 Å². The Morgan fingerprint density at radius 1 is 0.815 bits per heavy atom. The number of azo groups is 1. The Morgan fingerprint density at radius 3 is 2.22 bits per heavy atom. The molecule has 1 aromatic heterocycles. The molecule has 6 heteroatoms. The lowest BCUT2D eigenvalue weighted by Gasteiger charge is -2.01. The maximum Gasteiger partial charge on any atom is 0.299 e. The van der Waals surface area contributed by atoms with Crippen molar-refractivity contribution in [2.24, 2.45) is 10.2 Å². The van der Waals surface area contributed by atoms with E-state index in [1.165, 1.54) is 4.68 Å². The van der Waals surface area contributed by atoms with Crippen LogP contribution in [0.3, 0.4) is 0 Å². The predicted molar refractivity (Wildman–Crippen MR) is 107 cm³/mol. The number of aromatic nitrogens is 2. The second-order valence-corrected chi connectivity index (χ2v) is 6.29. The van der Waals surface area contributed by atoms with Gasteiger partial charge in [0.25, 0.3) is 5.56 Å². The molecule has 4 aromatic rings. The third-order valence-electron chi connectivity index (χ3n) is 4.02. The van der Waals surface area contributed by atoms with Crippen LogP contribution >= 0.6 is 11.6 Å². The fourth-order valence-corrected chi connectivity index (χ4v) is 2.92. The van der Waals surface area contributed by atoms with Gasteiger partial charge in [-0.25, -0.2) is 4.68 Å². The number of para-hydroxylation sites is 1. The summed E-state index contributed by atoms with van der Waals surface area (Å²) in [6, 6.07) is 25.9. The van der Waals surface area contributed by atoms with Crippen LogP contribution in [-0.2, 0) is 0 Å². The van der Waals surface area contributed by atoms with Gasteiger partial charge in [0, 0.05) is 10.6 Å². The molecule has 0 atom stereocenters. The standard InChI is InChI=1S/C21H15ClN4O/c22-16-10-7-11-17(14-16)23-24-20-19(15-8-3-1-4-9-15)25-26(21(20)27)18-12-5-2-6-13-18/h1-14,25H. The minimum Gasteiger partial charge on any atom is -0.288 e. The van der Waals surface area contributed by atoms with E-state index in [9.17, 15) is 4.79 Å². The lowest BCUT2D eigenvalue weighted by atomic mass is 10.1. The number of rotatable bonds is 4. The van der Waals surface area contributed by atoms with E-state index in [4.69, 9.17) is 11.6 Å². The van der Waals surface area contributed by atoms with E-state index in [-0.39, 0.29) is 11.2 Å². The van der Waals surface area contributed by atoms with E-state index in [1.807, 2.05) is 60.7 Å². The number of nitrogens with zero attached hydrogens (tertiary/aromatic N) is 3. The topological polar surface area (TPSA) is 62.5 Å². The van der Waals surface area contributed by atoms with Gasteiger partial charge < -0.3 is 0 Å². The molecule has 0 radical (unpaired) electrons. The molecule has 0 amide bonds. The summed E-state index contributed by atoms with van der Waals surface area (Å²) in [4.78, 5) is 13.0. The van der Waals surface area contributed by atoms with Crippen molar-refractivity contribution in [1.29, 1.82) is 0 Å². The highest BCUT2D eigenvalue weighted by Crippen LogP contribution is 2.28. The summed E-state index contributed by atoms with van der Waals surface area (Å²) in [5, 5.41) is 12.2. The van der Waals surface area contributed by atoms with Gasteiger partial charge in [0.1, 0.15) is 0 Å². The van der Waals surface area contributed by atoms with Crippen molar-refractivity contribution in [3.05, 3.63) is 100 Å². The third-order valence-corrected chi connectivity index (χ3v) is 4.25. The van der Waals surface area contributed by atoms with Crippen molar-refractivity contribution < 1.29 is 0 Å². The average Bonchev–Trinajstić information content (AvgIpc) is 3.04. The van der Waals surface area contributed by atoms with Crippen LogP contribution in [0.15, 0.2) is 100.0 Å². The molecule has 3 aromatic carbocycles. The Hall–Kier alpha value is -3.44. The van der Waals surface area contributed by atoms with Gasteiger partial charge in [0.15, 0.2) is 5.69 Å². The number of H-pyrrole nitrogens is 1. The Labute approximate surface area is 160 Å². The summed E-state index contributed by atoms with van der Waals surface area (Å²) in [6.07, 6.45) is 0. The Balaban J connectivity index is 1.86. The molecule has 0 spiro atoms. The van der Waals surface area contributed by atoms with Crippen LogP contribution in [0.2, 0.25) is 5.02 Å². The average molecular weight is 375 g/mol. The van der Waals surface area contributed by atoms with Gasteiger partial charge in [-0.1, -0.05) is 66.2 Å². The first-order valence-corrected chi connectivity index (χ1v) is 8.73. The van der Waals surface area contributed by atoms with Crippen LogP contribution < -0.4 is 5.56 Å². The number of halogens is 1. The van der Waals surface area contributed by atoms with E-state index < -0.39 is 0 Å². The quantitative estimate of drug-likeness (QED) is 0.444. The molecule has 0 bridgehead atoms. The number of hydrogen-bond acceptors (Lipinski definition) is 3. The summed E-state index contributed by atoms with van der Waals surface area (Å²) in [5.41, 5.74) is 2.73. The Morgan fingerprint density at radius 2 is 1.52 bits per heavy atom. The van der Waals surface area contributed by atoms with Gasteiger partial charge in [-0.2, -0.15) is 5.11 Å². The van der Waals surface area contributed by atoms with E-state index in [1.54, 1.807) is 24.3 Å². The lowest BCUT2D eigenvalue weighted by molar-refractivity contribution is 0.852. The van der Waals surface area contributed by atoms with Crippen LogP contribution in [0, 0.1) is 0 Å². The van der Waals surface area contributed by atoms with E-state index in [0.29, 0.717) is 16.4 Å². The minimum atomic E-state index is -0.272. The van der Waals surface area contributed by atoms with Crippen molar-refractivity contribution >= 4 is 23.0 Å². The van der Waals surface area contributed by atoms with Crippen molar-refractivity contribution in [2.45, 2.75) is 0 Å². The summed E-state index contributed by atoms with van der Waals surface area (Å²) in [6.45, 7) is 0. The smallest absolute Gasteiger partial charge is 0.288 e. The number of benzene rings is 3. The molecule has 132 valence electrons. The Bertz CT molecular complexity index is 1150. The fourth-order valence-electron chi connectivity index (χ4n) is 2.73. The summed E-state index contributed by atoms with van der Waals surface area (Å²) < 4.78 is 1.47. The first kappa shape index (κ1) is 17.0. The first-order chi connectivity index (χ1) is 13.2. The van der Waals surface area contributed by atoms with E-state index in [2.05, 4.69) is 15.3 Å². The highest BCUT2D eigenvalue weighted by molar-refractivity contribution is 6.30. The van der Waals surface area contributed by atoms with Gasteiger partial charge in [0.2, 0.25) is 0 Å². The number of aromatic amines is 1. The molecular weight excluding hydrogens is 360 g/mol. The normalized spacial score (nSPS) is 11.1. The molecule has 0 saturated heterocycles. The van der Waals surface area contributed by atoms with Gasteiger partial charge >= 0.3 is 0 Å². The van der Waals surface area contributed by atoms with Crippen LogP contribution in [0.1, 0.15) is 0 Å². The van der Waals surface area contributed by atoms with Crippen molar-refractivity contribution in [1.82, 2.24) is 9.78 Å². The van der Waals surface area contributed by atoms with Crippen LogP contribution in [0.25, 0.3) is 16.9 Å². The van der Waals surface area contributed by atoms with Crippen LogP contribution in [0.4, 0.5) is 11.4 Å². The first-order valence-electron chi connectivity index (χ1n) is 8.35. The fraction of sp³-hybridized carbons (Fsp3) is 0. The zero-order valence-corrected chi connectivity index (χ0v) is 15.0. The maximum atomic E-state index is 13.0. The molecule has 0 saturated carbocycles. The predicted octanol–water partition coefficient (Wildman–Crippen LogP) is 5.90. The molecule has 0 fully saturated rings. The molecule has 27 heavy (non-hydrogen) atoms. The van der Waals surface area contributed by atoms with Crippen LogP contribution in [-0.4, -0.2) is 9.78 Å². The van der Waals surface area contributed by atoms with Gasteiger partial charge in [-0.15, -0.1) is 5.11 Å². The highest BCUT2D eigenvalue weighted by atomic mass is 35.5. The van der Waals surface area contributed by atoms with Crippen molar-refractivity contribution in [3.8, 4) is 16.9 Å². The second kappa shape index (κ2) is 7.43. The molecule has 4 rings (SSSR count). The molecule has 0 aliphatic heterocycles. The third kappa shape index (κ3) is 3.59. The molecule has 1 N–H and O–H groups in total. The molecular formula is C21H15ClN4O. The summed E-state index contributed by atoms with van der Waals surface area (Å²) in [5.74, 6) is 0.